The molecule has 1 fully saturated rings. The van der Waals surface area contributed by atoms with Gasteiger partial charge >= 0.3 is 5.97 Å². The van der Waals surface area contributed by atoms with E-state index >= 15 is 0 Å². The van der Waals surface area contributed by atoms with Crippen LogP contribution in [0.5, 0.6) is 5.75 Å². The molecule has 1 saturated heterocycles. The van der Waals surface area contributed by atoms with E-state index in [2.05, 4.69) is 10.2 Å². The molecule has 0 spiro atoms. The predicted molar refractivity (Wildman–Crippen MR) is 83.6 cm³/mol. The van der Waals surface area contributed by atoms with Crippen LogP contribution in [-0.4, -0.2) is 42.7 Å². The van der Waals surface area contributed by atoms with Gasteiger partial charge in [0.2, 0.25) is 0 Å². The Morgan fingerprint density at radius 2 is 2.22 bits per heavy atom. The molecule has 0 radical (unpaired) electrons. The summed E-state index contributed by atoms with van der Waals surface area (Å²) in [6, 6.07) is 7.00. The third-order valence-corrected chi connectivity index (χ3v) is 4.34. The van der Waals surface area contributed by atoms with Crippen LogP contribution >= 0.6 is 11.8 Å². The average molecular weight is 342 g/mol. The monoisotopic (exact) mass is 342 g/mol. The maximum Gasteiger partial charge on any atom is 0.324 e. The third kappa shape index (κ3) is 5.00. The van der Waals surface area contributed by atoms with Gasteiger partial charge in [-0.15, -0.1) is 21.9 Å². The molecule has 23 heavy (non-hydrogen) atoms. The van der Waals surface area contributed by atoms with Crippen molar-refractivity contribution in [3.63, 3.8) is 0 Å². The van der Waals surface area contributed by atoms with Crippen LogP contribution in [0.4, 0.5) is 0 Å². The van der Waals surface area contributed by atoms with Crippen molar-refractivity contribution in [2.45, 2.75) is 18.3 Å². The first-order valence-electron chi connectivity index (χ1n) is 7.15. The Bertz CT molecular complexity index is 556. The van der Waals surface area contributed by atoms with Gasteiger partial charge in [0, 0.05) is 11.3 Å². The molecule has 2 rings (SSSR count). The summed E-state index contributed by atoms with van der Waals surface area (Å²) in [4.78, 5) is 26.1. The fourth-order valence-electron chi connectivity index (χ4n) is 2.12. The van der Waals surface area contributed by atoms with Crippen LogP contribution in [0.3, 0.4) is 0 Å². The maximum atomic E-state index is 11.8. The van der Waals surface area contributed by atoms with Gasteiger partial charge in [-0.05, 0) is 13.0 Å². The molecule has 0 aliphatic carbocycles. The molecule has 126 valence electrons. The summed E-state index contributed by atoms with van der Waals surface area (Å²) >= 11 is 1.58. The third-order valence-electron chi connectivity index (χ3n) is 3.09. The van der Waals surface area contributed by atoms with E-state index in [1.165, 1.54) is 0 Å². The number of carbonyl (C=O) groups is 1. The van der Waals surface area contributed by atoms with Crippen molar-refractivity contribution in [1.82, 2.24) is 5.32 Å². The molecular weight excluding hydrogens is 324 g/mol. The lowest BCUT2D eigenvalue weighted by Gasteiger charge is -2.17. The number of esters is 1. The zero-order chi connectivity index (χ0) is 16.7. The van der Waals surface area contributed by atoms with Gasteiger partial charge < -0.3 is 14.3 Å². The Morgan fingerprint density at radius 1 is 1.43 bits per heavy atom. The lowest BCUT2D eigenvalue weighted by Crippen LogP contribution is -2.35. The highest BCUT2D eigenvalue weighted by Gasteiger charge is 2.32. The zero-order valence-electron chi connectivity index (χ0n) is 12.6. The summed E-state index contributed by atoms with van der Waals surface area (Å²) in [6.07, 6.45) is 0. The van der Waals surface area contributed by atoms with Crippen molar-refractivity contribution in [3.8, 4) is 5.75 Å². The van der Waals surface area contributed by atoms with Crippen LogP contribution in [0.2, 0.25) is 0 Å². The quantitative estimate of drug-likeness (QED) is 0.329. The van der Waals surface area contributed by atoms with Crippen molar-refractivity contribution >= 4 is 17.7 Å². The Labute approximate surface area is 137 Å². The molecule has 1 aliphatic rings. The number of benzene rings is 1. The van der Waals surface area contributed by atoms with Gasteiger partial charge in [0.15, 0.2) is 0 Å². The second-order valence-corrected chi connectivity index (χ2v) is 5.77. The van der Waals surface area contributed by atoms with Gasteiger partial charge in [-0.3, -0.25) is 10.1 Å². The first kappa shape index (κ1) is 17.4. The fraction of sp³-hybridized carbons (Fsp3) is 0.500. The minimum absolute atomic E-state index is 0.0662. The first-order valence-corrected chi connectivity index (χ1v) is 8.20. The van der Waals surface area contributed by atoms with Gasteiger partial charge in [-0.1, -0.05) is 18.2 Å². The molecule has 0 amide bonds. The van der Waals surface area contributed by atoms with Crippen molar-refractivity contribution in [3.05, 3.63) is 39.9 Å². The van der Waals surface area contributed by atoms with E-state index in [9.17, 15) is 14.9 Å². The smallest absolute Gasteiger partial charge is 0.324 e. The van der Waals surface area contributed by atoms with Crippen molar-refractivity contribution in [2.75, 3.05) is 25.6 Å². The molecule has 1 aliphatic heterocycles. The van der Waals surface area contributed by atoms with Crippen molar-refractivity contribution in [1.29, 1.82) is 0 Å². The van der Waals surface area contributed by atoms with Crippen molar-refractivity contribution in [2.24, 2.45) is 0 Å². The lowest BCUT2D eigenvalue weighted by atomic mass is 10.2. The van der Waals surface area contributed by atoms with Crippen LogP contribution < -0.4 is 10.1 Å². The summed E-state index contributed by atoms with van der Waals surface area (Å²) in [5.41, 5.74) is 0.880. The van der Waals surface area contributed by atoms with Gasteiger partial charge in [-0.25, -0.2) is 0 Å². The highest BCUT2D eigenvalue weighted by atomic mass is 32.2. The summed E-state index contributed by atoms with van der Waals surface area (Å²) in [7, 11) is 0. The Hall–Kier alpha value is -2.00. The summed E-state index contributed by atoms with van der Waals surface area (Å²) in [5.74, 6) is 0.955. The highest BCUT2D eigenvalue weighted by molar-refractivity contribution is 7.99. The second-order valence-electron chi connectivity index (χ2n) is 4.63. The highest BCUT2D eigenvalue weighted by Crippen LogP contribution is 2.37. The molecular formula is C14H18N2O6S. The number of thioether (sulfide) groups is 1. The minimum atomic E-state index is -0.854. The normalized spacial score (nSPS) is 20.0. The molecule has 0 bridgehead atoms. The van der Waals surface area contributed by atoms with E-state index in [0.717, 1.165) is 5.56 Å². The van der Waals surface area contributed by atoms with E-state index in [-0.39, 0.29) is 30.6 Å². The second kappa shape index (κ2) is 8.59. The number of para-hydroxylation sites is 1. The molecule has 1 aromatic rings. The summed E-state index contributed by atoms with van der Waals surface area (Å²) < 4.78 is 10.6. The van der Waals surface area contributed by atoms with Crippen molar-refractivity contribution < 1.29 is 24.2 Å². The predicted octanol–water partition coefficient (Wildman–Crippen LogP) is 1.54. The van der Waals surface area contributed by atoms with Gasteiger partial charge in [0.25, 0.3) is 5.09 Å². The van der Waals surface area contributed by atoms with E-state index in [1.807, 2.05) is 18.2 Å². The number of ether oxygens (including phenoxy) is 2. The largest absolute Gasteiger partial charge is 0.491 e. The van der Waals surface area contributed by atoms with E-state index in [4.69, 9.17) is 9.47 Å². The number of rotatable bonds is 8. The number of hydrogen-bond donors (Lipinski definition) is 1. The van der Waals surface area contributed by atoms with Crippen LogP contribution in [0.1, 0.15) is 17.9 Å². The number of nitrogens with one attached hydrogen (secondary N) is 1. The summed E-state index contributed by atoms with van der Waals surface area (Å²) in [5, 5.41) is 12.4. The molecule has 8 nitrogen and oxygen atoms in total. The SMILES string of the molecule is CCOC(=O)C1CSC(c2ccccc2OCCO[N+](=O)[O-])N1. The van der Waals surface area contributed by atoms with E-state index in [0.29, 0.717) is 18.1 Å². The molecule has 9 heteroatoms. The topological polar surface area (TPSA) is 99.9 Å². The standard InChI is InChI=1S/C14H18N2O6S/c1-2-20-14(17)11-9-23-13(15-11)10-5-3-4-6-12(10)21-7-8-22-16(18)19/h3-6,11,13,15H,2,7-9H2,1H3. The molecule has 0 aromatic heterocycles. The van der Waals surface area contributed by atoms with Gasteiger partial charge in [0.05, 0.1) is 12.0 Å². The number of carbonyl (C=O) groups excluding carboxylic acids is 1. The number of hydrogen-bond acceptors (Lipinski definition) is 8. The van der Waals surface area contributed by atoms with E-state index in [1.54, 1.807) is 24.8 Å². The number of nitrogens with zero attached hydrogens (tertiary/aromatic N) is 1. The Morgan fingerprint density at radius 3 is 2.96 bits per heavy atom. The minimum Gasteiger partial charge on any atom is -0.491 e. The Balaban J connectivity index is 1.95. The van der Waals surface area contributed by atoms with Gasteiger partial charge in [-0.2, -0.15) is 0 Å². The molecule has 2 unspecified atom stereocenters. The first-order chi connectivity index (χ1) is 11.1. The molecule has 2 atom stereocenters. The van der Waals surface area contributed by atoms with Crippen LogP contribution in [0, 0.1) is 10.1 Å². The molecule has 1 N–H and O–H groups in total. The van der Waals surface area contributed by atoms with Crippen LogP contribution in [0.25, 0.3) is 0 Å². The molecule has 1 heterocycles. The van der Waals surface area contributed by atoms with Crippen LogP contribution in [0.15, 0.2) is 24.3 Å². The molecule has 0 saturated carbocycles. The van der Waals surface area contributed by atoms with E-state index < -0.39 is 5.09 Å². The Kier molecular flexibility index (Phi) is 6.48. The molecule has 1 aromatic carbocycles. The van der Waals surface area contributed by atoms with Crippen LogP contribution in [-0.2, 0) is 14.4 Å². The maximum absolute atomic E-state index is 11.8. The zero-order valence-corrected chi connectivity index (χ0v) is 13.4. The average Bonchev–Trinajstić information content (AvgIpc) is 3.02. The lowest BCUT2D eigenvalue weighted by molar-refractivity contribution is -0.757. The van der Waals surface area contributed by atoms with Gasteiger partial charge in [0.1, 0.15) is 25.0 Å². The summed E-state index contributed by atoms with van der Waals surface area (Å²) in [6.45, 7) is 2.05. The fourth-order valence-corrected chi connectivity index (χ4v) is 3.37.